The smallest absolute Gasteiger partial charge is 0.409 e. The van der Waals surface area contributed by atoms with E-state index in [1.54, 1.807) is 4.90 Å². The van der Waals surface area contributed by atoms with Crippen molar-refractivity contribution in [2.45, 2.75) is 44.9 Å². The van der Waals surface area contributed by atoms with Crippen molar-refractivity contribution in [1.29, 1.82) is 0 Å². The van der Waals surface area contributed by atoms with Crippen LogP contribution in [-0.4, -0.2) is 72.5 Å². The first-order chi connectivity index (χ1) is 14.2. The fourth-order valence-electron chi connectivity index (χ4n) is 3.18. The van der Waals surface area contributed by atoms with Crippen LogP contribution in [0.15, 0.2) is 18.5 Å². The van der Waals surface area contributed by atoms with Crippen molar-refractivity contribution in [2.75, 3.05) is 32.1 Å². The number of nitrogens with one attached hydrogen (secondary N) is 2. The van der Waals surface area contributed by atoms with Crippen molar-refractivity contribution >= 4 is 37.2 Å². The number of ether oxygens (including phenoxy) is 2. The van der Waals surface area contributed by atoms with Crippen molar-refractivity contribution in [3.8, 4) is 0 Å². The Hall–Kier alpha value is -2.66. The van der Waals surface area contributed by atoms with Crippen LogP contribution in [-0.2, 0) is 16.2 Å². The van der Waals surface area contributed by atoms with Crippen molar-refractivity contribution in [1.82, 2.24) is 24.8 Å². The highest BCUT2D eigenvalue weighted by atomic mass is 28.3. The molecule has 2 aromatic rings. The number of likely N-dealkylation sites (tertiary alicyclic amines) is 1. The van der Waals surface area contributed by atoms with Crippen LogP contribution in [0.3, 0.4) is 0 Å². The van der Waals surface area contributed by atoms with Gasteiger partial charge in [0.15, 0.2) is 11.5 Å². The Morgan fingerprint density at radius 2 is 2.13 bits per heavy atom. The summed E-state index contributed by atoms with van der Waals surface area (Å²) in [5.41, 5.74) is 1.39. The summed E-state index contributed by atoms with van der Waals surface area (Å²) in [6.45, 7) is 9.09. The summed E-state index contributed by atoms with van der Waals surface area (Å²) in [5.74, 6) is 0.361. The summed E-state index contributed by atoms with van der Waals surface area (Å²) in [7, 11) is 0.229. The molecule has 0 aromatic carbocycles. The average molecular weight is 435 g/mol. The molecular formula is C19H30N6O4Si. The van der Waals surface area contributed by atoms with Gasteiger partial charge in [0.25, 0.3) is 0 Å². The fraction of sp³-hybridized carbons (Fsp3) is 0.579. The van der Waals surface area contributed by atoms with Gasteiger partial charge in [-0.05, 0) is 18.5 Å². The molecule has 30 heavy (non-hydrogen) atoms. The highest BCUT2D eigenvalue weighted by molar-refractivity contribution is 6.76. The first-order valence-corrected chi connectivity index (χ1v) is 13.8. The maximum Gasteiger partial charge on any atom is 0.409 e. The number of amides is 3. The number of carbonyl (C=O) groups excluding carboxylic acids is 2. The molecule has 0 radical (unpaired) electrons. The number of carbonyl (C=O) groups is 2. The normalized spacial score (nSPS) is 16.7. The van der Waals surface area contributed by atoms with Crippen molar-refractivity contribution in [3.63, 3.8) is 0 Å². The van der Waals surface area contributed by atoms with E-state index in [0.717, 1.165) is 12.7 Å². The minimum Gasteiger partial charge on any atom is -0.453 e. The summed E-state index contributed by atoms with van der Waals surface area (Å²) < 4.78 is 12.4. The van der Waals surface area contributed by atoms with Crippen LogP contribution in [0.25, 0.3) is 11.2 Å². The number of fused-ring (bicyclic) bond motifs is 1. The lowest BCUT2D eigenvalue weighted by molar-refractivity contribution is 0.0899. The van der Waals surface area contributed by atoms with Gasteiger partial charge in [0.1, 0.15) is 12.2 Å². The van der Waals surface area contributed by atoms with Gasteiger partial charge in [0, 0.05) is 40.0 Å². The molecule has 2 N–H and O–H groups in total. The Labute approximate surface area is 177 Å². The van der Waals surface area contributed by atoms with Gasteiger partial charge in [-0.15, -0.1) is 0 Å². The third-order valence-corrected chi connectivity index (χ3v) is 6.59. The summed E-state index contributed by atoms with van der Waals surface area (Å²) >= 11 is 0. The van der Waals surface area contributed by atoms with Gasteiger partial charge in [-0.25, -0.2) is 19.6 Å². The molecule has 0 bridgehead atoms. The van der Waals surface area contributed by atoms with E-state index in [2.05, 4.69) is 40.2 Å². The Bertz CT molecular complexity index is 897. The second-order valence-electron chi connectivity index (χ2n) is 8.60. The first-order valence-electron chi connectivity index (χ1n) is 10.1. The SMILES string of the molecule is COC(=O)N1CC[C@@H](NC(=O)Nc2cnc3c(ccn3COCC[Si](C)(C)C)n2)C1. The molecule has 3 rings (SSSR count). The summed E-state index contributed by atoms with van der Waals surface area (Å²) in [6.07, 6.45) is 3.69. The molecule has 3 heterocycles. The largest absolute Gasteiger partial charge is 0.453 e. The quantitative estimate of drug-likeness (QED) is 0.512. The van der Waals surface area contributed by atoms with Crippen molar-refractivity contribution in [2.24, 2.45) is 0 Å². The van der Waals surface area contributed by atoms with Gasteiger partial charge in [-0.1, -0.05) is 19.6 Å². The molecule has 0 spiro atoms. The van der Waals surface area contributed by atoms with E-state index in [9.17, 15) is 9.59 Å². The van der Waals surface area contributed by atoms with E-state index in [4.69, 9.17) is 9.47 Å². The van der Waals surface area contributed by atoms with Gasteiger partial charge in [0.2, 0.25) is 0 Å². The summed E-state index contributed by atoms with van der Waals surface area (Å²) in [5, 5.41) is 5.55. The van der Waals surface area contributed by atoms with E-state index in [-0.39, 0.29) is 18.2 Å². The lowest BCUT2D eigenvalue weighted by atomic mass is 10.3. The molecule has 0 saturated carbocycles. The number of nitrogens with zero attached hydrogens (tertiary/aromatic N) is 4. The van der Waals surface area contributed by atoms with Crippen LogP contribution in [0, 0.1) is 0 Å². The predicted molar refractivity (Wildman–Crippen MR) is 116 cm³/mol. The zero-order chi connectivity index (χ0) is 21.7. The van der Waals surface area contributed by atoms with Crippen LogP contribution < -0.4 is 10.6 Å². The molecule has 1 fully saturated rings. The minimum absolute atomic E-state index is 0.129. The molecule has 10 nitrogen and oxygen atoms in total. The lowest BCUT2D eigenvalue weighted by Crippen LogP contribution is -2.40. The number of rotatable bonds is 7. The number of methoxy groups -OCH3 is 1. The second kappa shape index (κ2) is 9.43. The topological polar surface area (TPSA) is 111 Å². The average Bonchev–Trinajstić information content (AvgIpc) is 3.30. The van der Waals surface area contributed by atoms with Gasteiger partial charge in [-0.2, -0.15) is 0 Å². The predicted octanol–water partition coefficient (Wildman–Crippen LogP) is 2.71. The van der Waals surface area contributed by atoms with Gasteiger partial charge in [-0.3, -0.25) is 5.32 Å². The molecule has 3 amide bonds. The number of aromatic nitrogens is 3. The number of hydrogen-bond donors (Lipinski definition) is 2. The third-order valence-electron chi connectivity index (χ3n) is 4.89. The molecular weight excluding hydrogens is 404 g/mol. The minimum atomic E-state index is -1.12. The number of urea groups is 1. The molecule has 11 heteroatoms. The molecule has 1 aliphatic rings. The van der Waals surface area contributed by atoms with Crippen LogP contribution in [0.4, 0.5) is 15.4 Å². The van der Waals surface area contributed by atoms with E-state index >= 15 is 0 Å². The highest BCUT2D eigenvalue weighted by Crippen LogP contribution is 2.15. The van der Waals surface area contributed by atoms with Crippen molar-refractivity contribution in [3.05, 3.63) is 18.5 Å². The molecule has 1 aliphatic heterocycles. The van der Waals surface area contributed by atoms with Gasteiger partial charge < -0.3 is 24.3 Å². The van der Waals surface area contributed by atoms with Crippen LogP contribution in [0.1, 0.15) is 6.42 Å². The molecule has 164 valence electrons. The van der Waals surface area contributed by atoms with Crippen molar-refractivity contribution < 1.29 is 19.1 Å². The lowest BCUT2D eigenvalue weighted by Gasteiger charge is -2.16. The number of anilines is 1. The third kappa shape index (κ3) is 5.92. The Kier molecular flexibility index (Phi) is 6.93. The van der Waals surface area contributed by atoms with Crippen LogP contribution in [0.5, 0.6) is 0 Å². The Morgan fingerprint density at radius 1 is 1.33 bits per heavy atom. The van der Waals surface area contributed by atoms with Crippen LogP contribution in [0.2, 0.25) is 25.7 Å². The standard InChI is InChI=1S/C19H30N6O4Si/c1-28-19(27)24-7-5-14(12-24)21-18(26)23-16-11-20-17-15(22-16)6-8-25(17)13-29-9-10-30(2,3)4/h6,8,11,14H,5,7,9-10,12-13H2,1-4H3,(H2,21,22,23,26)/t14-/m1/s1. The van der Waals surface area contributed by atoms with E-state index in [1.165, 1.54) is 13.3 Å². The molecule has 1 saturated heterocycles. The number of hydrogen-bond acceptors (Lipinski definition) is 6. The monoisotopic (exact) mass is 434 g/mol. The summed E-state index contributed by atoms with van der Waals surface area (Å²) in [4.78, 5) is 34.2. The second-order valence-corrected chi connectivity index (χ2v) is 14.2. The van der Waals surface area contributed by atoms with E-state index in [1.807, 2.05) is 16.8 Å². The van der Waals surface area contributed by atoms with Gasteiger partial charge in [0.05, 0.1) is 13.3 Å². The van der Waals surface area contributed by atoms with E-state index < -0.39 is 8.07 Å². The maximum absolute atomic E-state index is 12.3. The molecule has 2 aromatic heterocycles. The first kappa shape index (κ1) is 22.0. The highest BCUT2D eigenvalue weighted by Gasteiger charge is 2.27. The Morgan fingerprint density at radius 3 is 2.87 bits per heavy atom. The van der Waals surface area contributed by atoms with E-state index in [0.29, 0.717) is 43.2 Å². The fourth-order valence-corrected chi connectivity index (χ4v) is 3.93. The Balaban J connectivity index is 1.51. The van der Waals surface area contributed by atoms with Gasteiger partial charge >= 0.3 is 12.1 Å². The maximum atomic E-state index is 12.3. The summed E-state index contributed by atoms with van der Waals surface area (Å²) in [6, 6.07) is 2.45. The molecule has 0 aliphatic carbocycles. The molecule has 1 atom stereocenters. The zero-order valence-electron chi connectivity index (χ0n) is 18.0. The molecule has 0 unspecified atom stereocenters. The zero-order valence-corrected chi connectivity index (χ0v) is 19.0. The van der Waals surface area contributed by atoms with Crippen LogP contribution >= 0.6 is 0 Å².